The van der Waals surface area contributed by atoms with Crippen LogP contribution in [0.2, 0.25) is 0 Å². The summed E-state index contributed by atoms with van der Waals surface area (Å²) in [4.78, 5) is 15.8. The Labute approximate surface area is 131 Å². The van der Waals surface area contributed by atoms with Gasteiger partial charge in [-0.1, -0.05) is 32.0 Å². The number of amides is 1. The molecular formula is C16H25FN4O. The number of benzene rings is 1. The highest BCUT2D eigenvalue weighted by Crippen LogP contribution is 2.07. The topological polar surface area (TPSA) is 65.5 Å². The summed E-state index contributed by atoms with van der Waals surface area (Å²) in [5.74, 6) is 0.342. The summed E-state index contributed by atoms with van der Waals surface area (Å²) in [6, 6.07) is 6.58. The molecule has 3 N–H and O–H groups in total. The molecule has 0 unspecified atom stereocenters. The fourth-order valence-electron chi connectivity index (χ4n) is 1.70. The number of aliphatic imine (C=N–C) groups is 1. The van der Waals surface area contributed by atoms with Gasteiger partial charge in [0, 0.05) is 31.1 Å². The molecule has 0 aromatic heterocycles. The van der Waals surface area contributed by atoms with Gasteiger partial charge in [-0.3, -0.25) is 4.79 Å². The molecular weight excluding hydrogens is 283 g/mol. The van der Waals surface area contributed by atoms with Crippen LogP contribution in [0.5, 0.6) is 0 Å². The van der Waals surface area contributed by atoms with E-state index in [0.717, 1.165) is 0 Å². The number of nitrogens with one attached hydrogen (secondary N) is 3. The molecule has 0 heterocycles. The van der Waals surface area contributed by atoms with Gasteiger partial charge in [0.25, 0.3) is 0 Å². The molecule has 0 aliphatic carbocycles. The van der Waals surface area contributed by atoms with Crippen molar-refractivity contribution in [3.05, 3.63) is 35.6 Å². The number of carbonyl (C=O) groups excluding carboxylic acids is 1. The lowest BCUT2D eigenvalue weighted by Crippen LogP contribution is -2.42. The number of hydrogen-bond donors (Lipinski definition) is 3. The maximum Gasteiger partial charge on any atom is 0.222 e. The Morgan fingerprint density at radius 3 is 2.50 bits per heavy atom. The van der Waals surface area contributed by atoms with Crippen molar-refractivity contribution in [2.45, 2.75) is 27.3 Å². The van der Waals surface area contributed by atoms with Crippen molar-refractivity contribution in [1.82, 2.24) is 16.0 Å². The van der Waals surface area contributed by atoms with Gasteiger partial charge >= 0.3 is 0 Å². The molecule has 6 heteroatoms. The average molecular weight is 308 g/mol. The van der Waals surface area contributed by atoms with Gasteiger partial charge in [-0.05, 0) is 13.0 Å². The molecule has 1 amide bonds. The quantitative estimate of drug-likeness (QED) is 0.408. The zero-order chi connectivity index (χ0) is 16.4. The molecule has 0 saturated heterocycles. The van der Waals surface area contributed by atoms with Crippen molar-refractivity contribution >= 4 is 11.9 Å². The molecule has 0 spiro atoms. The van der Waals surface area contributed by atoms with Crippen LogP contribution < -0.4 is 16.0 Å². The molecule has 5 nitrogen and oxygen atoms in total. The zero-order valence-electron chi connectivity index (χ0n) is 13.4. The monoisotopic (exact) mass is 308 g/mol. The Morgan fingerprint density at radius 2 is 1.86 bits per heavy atom. The first kappa shape index (κ1) is 17.9. The summed E-state index contributed by atoms with van der Waals surface area (Å²) in [7, 11) is 0. The summed E-state index contributed by atoms with van der Waals surface area (Å²) >= 11 is 0. The molecule has 0 atom stereocenters. The largest absolute Gasteiger partial charge is 0.357 e. The minimum absolute atomic E-state index is 0.0232. The number of hydrogen-bond acceptors (Lipinski definition) is 2. The van der Waals surface area contributed by atoms with Crippen LogP contribution in [0.4, 0.5) is 4.39 Å². The third kappa shape index (κ3) is 6.56. The van der Waals surface area contributed by atoms with Crippen molar-refractivity contribution in [2.75, 3.05) is 19.6 Å². The Bertz CT molecular complexity index is 503. The van der Waals surface area contributed by atoms with E-state index in [0.29, 0.717) is 31.2 Å². The van der Waals surface area contributed by atoms with E-state index < -0.39 is 0 Å². The highest BCUT2D eigenvalue weighted by atomic mass is 19.1. The van der Waals surface area contributed by atoms with Crippen LogP contribution in [0.25, 0.3) is 0 Å². The summed E-state index contributed by atoms with van der Waals surface area (Å²) in [6.45, 7) is 7.71. The summed E-state index contributed by atoms with van der Waals surface area (Å²) < 4.78 is 13.5. The van der Waals surface area contributed by atoms with Crippen LogP contribution in [-0.2, 0) is 11.3 Å². The fourth-order valence-corrected chi connectivity index (χ4v) is 1.70. The van der Waals surface area contributed by atoms with Crippen LogP contribution >= 0.6 is 0 Å². The van der Waals surface area contributed by atoms with Crippen LogP contribution in [0.15, 0.2) is 29.3 Å². The Kier molecular flexibility index (Phi) is 7.96. The van der Waals surface area contributed by atoms with E-state index in [2.05, 4.69) is 20.9 Å². The summed E-state index contributed by atoms with van der Waals surface area (Å²) in [6.07, 6.45) is 0. The van der Waals surface area contributed by atoms with Crippen LogP contribution in [0.1, 0.15) is 26.3 Å². The van der Waals surface area contributed by atoms with Crippen LogP contribution in [0, 0.1) is 11.7 Å². The smallest absolute Gasteiger partial charge is 0.222 e. The number of guanidine groups is 1. The van der Waals surface area contributed by atoms with E-state index in [4.69, 9.17) is 0 Å². The standard InChI is InChI=1S/C16H25FN4O/c1-4-18-16(20-10-9-19-15(22)12(2)3)21-11-13-7-5-6-8-14(13)17/h5-8,12H,4,9-11H2,1-3H3,(H,19,22)(H2,18,20,21). The van der Waals surface area contributed by atoms with Gasteiger partial charge in [0.1, 0.15) is 5.82 Å². The number of nitrogens with zero attached hydrogens (tertiary/aromatic N) is 1. The number of carbonyl (C=O) groups is 1. The van der Waals surface area contributed by atoms with Gasteiger partial charge in [-0.15, -0.1) is 0 Å². The lowest BCUT2D eigenvalue weighted by atomic mass is 10.2. The molecule has 0 fully saturated rings. The third-order valence-corrected chi connectivity index (χ3v) is 2.95. The maximum absolute atomic E-state index is 13.5. The first-order chi connectivity index (χ1) is 10.5. The predicted octanol–water partition coefficient (Wildman–Crippen LogP) is 1.65. The predicted molar refractivity (Wildman–Crippen MR) is 87.1 cm³/mol. The Hall–Kier alpha value is -2.11. The second-order valence-corrected chi connectivity index (χ2v) is 5.16. The highest BCUT2D eigenvalue weighted by Gasteiger charge is 2.05. The first-order valence-corrected chi connectivity index (χ1v) is 7.57. The first-order valence-electron chi connectivity index (χ1n) is 7.57. The lowest BCUT2D eigenvalue weighted by molar-refractivity contribution is -0.123. The Balaban J connectivity index is 2.46. The van der Waals surface area contributed by atoms with Gasteiger partial charge in [0.05, 0.1) is 6.54 Å². The van der Waals surface area contributed by atoms with Gasteiger partial charge in [-0.25, -0.2) is 9.38 Å². The number of rotatable bonds is 7. The van der Waals surface area contributed by atoms with Crippen LogP contribution in [-0.4, -0.2) is 31.5 Å². The SMILES string of the molecule is CCNC(=NCc1ccccc1F)NCCNC(=O)C(C)C. The van der Waals surface area contributed by atoms with Crippen LogP contribution in [0.3, 0.4) is 0 Å². The molecule has 122 valence electrons. The van der Waals surface area contributed by atoms with Crippen molar-refractivity contribution in [3.8, 4) is 0 Å². The molecule has 1 rings (SSSR count). The van der Waals surface area contributed by atoms with E-state index in [9.17, 15) is 9.18 Å². The minimum atomic E-state index is -0.258. The van der Waals surface area contributed by atoms with Gasteiger partial charge in [0.2, 0.25) is 5.91 Å². The molecule has 1 aromatic carbocycles. The van der Waals surface area contributed by atoms with E-state index in [1.54, 1.807) is 18.2 Å². The minimum Gasteiger partial charge on any atom is -0.357 e. The molecule has 0 aliphatic rings. The van der Waals surface area contributed by atoms with E-state index >= 15 is 0 Å². The molecule has 1 aromatic rings. The van der Waals surface area contributed by atoms with Crippen molar-refractivity contribution < 1.29 is 9.18 Å². The van der Waals surface area contributed by atoms with Gasteiger partial charge in [0.15, 0.2) is 5.96 Å². The maximum atomic E-state index is 13.5. The molecule has 22 heavy (non-hydrogen) atoms. The van der Waals surface area contributed by atoms with Crippen molar-refractivity contribution in [3.63, 3.8) is 0 Å². The second-order valence-electron chi connectivity index (χ2n) is 5.16. The molecule has 0 radical (unpaired) electrons. The van der Waals surface area contributed by atoms with Crippen molar-refractivity contribution in [2.24, 2.45) is 10.9 Å². The van der Waals surface area contributed by atoms with E-state index in [1.165, 1.54) is 6.07 Å². The Morgan fingerprint density at radius 1 is 1.18 bits per heavy atom. The average Bonchev–Trinajstić information content (AvgIpc) is 2.50. The molecule has 0 bridgehead atoms. The zero-order valence-corrected chi connectivity index (χ0v) is 13.4. The fraction of sp³-hybridized carbons (Fsp3) is 0.500. The summed E-state index contributed by atoms with van der Waals surface area (Å²) in [5.41, 5.74) is 0.549. The third-order valence-electron chi connectivity index (χ3n) is 2.95. The van der Waals surface area contributed by atoms with Gasteiger partial charge < -0.3 is 16.0 Å². The van der Waals surface area contributed by atoms with E-state index in [1.807, 2.05) is 20.8 Å². The van der Waals surface area contributed by atoms with Crippen molar-refractivity contribution in [1.29, 1.82) is 0 Å². The second kappa shape index (κ2) is 9.76. The lowest BCUT2D eigenvalue weighted by Gasteiger charge is -2.12. The molecule has 0 saturated carbocycles. The van der Waals surface area contributed by atoms with E-state index in [-0.39, 0.29) is 24.2 Å². The number of halogens is 1. The summed E-state index contributed by atoms with van der Waals surface area (Å²) in [5, 5.41) is 9.01. The normalized spacial score (nSPS) is 11.4. The highest BCUT2D eigenvalue weighted by molar-refractivity contribution is 5.80. The molecule has 0 aliphatic heterocycles. The van der Waals surface area contributed by atoms with Gasteiger partial charge in [-0.2, -0.15) is 0 Å².